The van der Waals surface area contributed by atoms with Gasteiger partial charge in [-0.1, -0.05) is 24.3 Å². The number of ether oxygens (including phenoxy) is 1. The fourth-order valence-corrected chi connectivity index (χ4v) is 4.09. The predicted octanol–water partition coefficient (Wildman–Crippen LogP) is 4.19. The lowest BCUT2D eigenvalue weighted by Crippen LogP contribution is -2.20. The molecule has 1 aromatic heterocycles. The van der Waals surface area contributed by atoms with Crippen LogP contribution < -0.4 is 5.32 Å². The van der Waals surface area contributed by atoms with E-state index in [1.807, 2.05) is 36.4 Å². The summed E-state index contributed by atoms with van der Waals surface area (Å²) in [5.41, 5.74) is 3.40. The Kier molecular flexibility index (Phi) is 4.24. The Hall–Kier alpha value is -2.66. The molecule has 0 unspecified atom stereocenters. The van der Waals surface area contributed by atoms with Gasteiger partial charge in [0.15, 0.2) is 6.61 Å². The molecule has 1 amide bonds. The Bertz CT molecular complexity index is 927. The number of amides is 1. The van der Waals surface area contributed by atoms with E-state index < -0.39 is 5.97 Å². The number of fused-ring (bicyclic) bond motifs is 2. The Morgan fingerprint density at radius 2 is 1.88 bits per heavy atom. The smallest absolute Gasteiger partial charge is 0.348 e. The number of aryl methyl sites for hydroxylation is 2. The van der Waals surface area contributed by atoms with Gasteiger partial charge in [-0.05, 0) is 60.0 Å². The van der Waals surface area contributed by atoms with Crippen molar-refractivity contribution in [2.24, 2.45) is 0 Å². The molecule has 1 aliphatic rings. The number of anilines is 1. The van der Waals surface area contributed by atoms with Crippen LogP contribution in [0.25, 0.3) is 10.1 Å². The van der Waals surface area contributed by atoms with E-state index in [0.717, 1.165) is 28.6 Å². The van der Waals surface area contributed by atoms with Crippen LogP contribution in [-0.4, -0.2) is 18.5 Å². The van der Waals surface area contributed by atoms with Gasteiger partial charge in [0, 0.05) is 10.4 Å². The van der Waals surface area contributed by atoms with E-state index in [0.29, 0.717) is 4.88 Å². The standard InChI is InChI=1S/C20H17NO3S/c22-19(21-16-9-8-13-5-3-6-14(13)10-16)12-24-20(23)18-11-15-4-1-2-7-17(15)25-18/h1-2,4,7-11H,3,5-6,12H2,(H,21,22). The molecule has 0 bridgehead atoms. The summed E-state index contributed by atoms with van der Waals surface area (Å²) in [6, 6.07) is 15.5. The van der Waals surface area contributed by atoms with Crippen molar-refractivity contribution >= 4 is 39.0 Å². The largest absolute Gasteiger partial charge is 0.451 e. The second kappa shape index (κ2) is 6.69. The molecule has 0 saturated heterocycles. The fraction of sp³-hybridized carbons (Fsp3) is 0.200. The molecule has 0 atom stereocenters. The van der Waals surface area contributed by atoms with Gasteiger partial charge in [-0.25, -0.2) is 4.79 Å². The van der Waals surface area contributed by atoms with Crippen molar-refractivity contribution in [1.82, 2.24) is 0 Å². The Morgan fingerprint density at radius 1 is 1.04 bits per heavy atom. The number of rotatable bonds is 4. The minimum absolute atomic E-state index is 0.288. The summed E-state index contributed by atoms with van der Waals surface area (Å²) in [6.07, 6.45) is 3.33. The second-order valence-electron chi connectivity index (χ2n) is 6.11. The van der Waals surface area contributed by atoms with Crippen LogP contribution in [0.2, 0.25) is 0 Å². The maximum Gasteiger partial charge on any atom is 0.348 e. The van der Waals surface area contributed by atoms with Gasteiger partial charge in [0.2, 0.25) is 0 Å². The third-order valence-corrected chi connectivity index (χ3v) is 5.44. The summed E-state index contributed by atoms with van der Waals surface area (Å²) in [7, 11) is 0. The van der Waals surface area contributed by atoms with E-state index in [1.54, 1.807) is 6.07 Å². The Morgan fingerprint density at radius 3 is 2.76 bits per heavy atom. The molecule has 4 rings (SSSR count). The molecule has 0 spiro atoms. The number of esters is 1. The first kappa shape index (κ1) is 15.8. The lowest BCUT2D eigenvalue weighted by molar-refractivity contribution is -0.119. The predicted molar refractivity (Wildman–Crippen MR) is 99.2 cm³/mol. The number of carbonyl (C=O) groups excluding carboxylic acids is 2. The van der Waals surface area contributed by atoms with Crippen molar-refractivity contribution in [3.8, 4) is 0 Å². The summed E-state index contributed by atoms with van der Waals surface area (Å²) < 4.78 is 6.17. The monoisotopic (exact) mass is 351 g/mol. The van der Waals surface area contributed by atoms with E-state index in [1.165, 1.54) is 28.9 Å². The summed E-state index contributed by atoms with van der Waals surface area (Å²) in [5.74, 6) is -0.794. The lowest BCUT2D eigenvalue weighted by atomic mass is 10.1. The molecule has 1 heterocycles. The first-order valence-electron chi connectivity index (χ1n) is 8.26. The van der Waals surface area contributed by atoms with Crippen LogP contribution in [-0.2, 0) is 22.4 Å². The van der Waals surface area contributed by atoms with Gasteiger partial charge < -0.3 is 10.1 Å². The number of thiophene rings is 1. The average molecular weight is 351 g/mol. The zero-order valence-corrected chi connectivity index (χ0v) is 14.4. The molecular formula is C20H17NO3S. The van der Waals surface area contributed by atoms with Gasteiger partial charge in [0.25, 0.3) is 5.91 Å². The van der Waals surface area contributed by atoms with Crippen LogP contribution in [0, 0.1) is 0 Å². The molecule has 1 N–H and O–H groups in total. The van der Waals surface area contributed by atoms with Gasteiger partial charge in [0.05, 0.1) is 0 Å². The number of hydrogen-bond acceptors (Lipinski definition) is 4. The first-order valence-corrected chi connectivity index (χ1v) is 9.08. The fourth-order valence-electron chi connectivity index (χ4n) is 3.13. The third-order valence-electron chi connectivity index (χ3n) is 4.34. The van der Waals surface area contributed by atoms with Gasteiger partial charge in [-0.3, -0.25) is 4.79 Å². The molecule has 0 saturated carbocycles. The van der Waals surface area contributed by atoms with Crippen LogP contribution in [0.3, 0.4) is 0 Å². The molecule has 1 aliphatic carbocycles. The molecule has 0 aliphatic heterocycles. The molecule has 3 aromatic rings. The van der Waals surface area contributed by atoms with Crippen LogP contribution in [0.4, 0.5) is 5.69 Å². The molecule has 5 heteroatoms. The topological polar surface area (TPSA) is 55.4 Å². The van der Waals surface area contributed by atoms with Crippen LogP contribution in [0.1, 0.15) is 27.2 Å². The van der Waals surface area contributed by atoms with E-state index in [9.17, 15) is 9.59 Å². The van der Waals surface area contributed by atoms with E-state index >= 15 is 0 Å². The maximum atomic E-state index is 12.1. The van der Waals surface area contributed by atoms with Crippen molar-refractivity contribution in [1.29, 1.82) is 0 Å². The highest BCUT2D eigenvalue weighted by atomic mass is 32.1. The number of benzene rings is 2. The van der Waals surface area contributed by atoms with E-state index in [-0.39, 0.29) is 12.5 Å². The molecule has 2 aromatic carbocycles. The number of hydrogen-bond donors (Lipinski definition) is 1. The van der Waals surface area contributed by atoms with Crippen molar-refractivity contribution in [2.75, 3.05) is 11.9 Å². The van der Waals surface area contributed by atoms with Crippen molar-refractivity contribution < 1.29 is 14.3 Å². The second-order valence-corrected chi connectivity index (χ2v) is 7.19. The highest BCUT2D eigenvalue weighted by Crippen LogP contribution is 2.26. The van der Waals surface area contributed by atoms with Crippen LogP contribution in [0.5, 0.6) is 0 Å². The van der Waals surface area contributed by atoms with E-state index in [2.05, 4.69) is 11.4 Å². The van der Waals surface area contributed by atoms with E-state index in [4.69, 9.17) is 4.74 Å². The lowest BCUT2D eigenvalue weighted by Gasteiger charge is -2.08. The SMILES string of the molecule is O=C(COC(=O)c1cc2ccccc2s1)Nc1ccc2c(c1)CCC2. The van der Waals surface area contributed by atoms with Crippen LogP contribution >= 0.6 is 11.3 Å². The minimum atomic E-state index is -0.467. The van der Waals surface area contributed by atoms with Crippen molar-refractivity contribution in [3.63, 3.8) is 0 Å². The quantitative estimate of drug-likeness (QED) is 0.717. The third kappa shape index (κ3) is 3.42. The Balaban J connectivity index is 1.35. The molecule has 25 heavy (non-hydrogen) atoms. The van der Waals surface area contributed by atoms with Gasteiger partial charge >= 0.3 is 5.97 Å². The molecular weight excluding hydrogens is 334 g/mol. The highest BCUT2D eigenvalue weighted by Gasteiger charge is 2.15. The van der Waals surface area contributed by atoms with Gasteiger partial charge in [-0.2, -0.15) is 0 Å². The molecule has 126 valence electrons. The first-order chi connectivity index (χ1) is 12.2. The number of nitrogens with one attached hydrogen (secondary N) is 1. The van der Waals surface area contributed by atoms with Gasteiger partial charge in [-0.15, -0.1) is 11.3 Å². The van der Waals surface area contributed by atoms with Crippen LogP contribution in [0.15, 0.2) is 48.5 Å². The maximum absolute atomic E-state index is 12.1. The zero-order chi connectivity index (χ0) is 17.2. The van der Waals surface area contributed by atoms with Gasteiger partial charge in [0.1, 0.15) is 4.88 Å². The Labute approximate surface area is 149 Å². The average Bonchev–Trinajstić information content (AvgIpc) is 3.25. The highest BCUT2D eigenvalue weighted by molar-refractivity contribution is 7.20. The summed E-state index contributed by atoms with van der Waals surface area (Å²) in [4.78, 5) is 24.7. The minimum Gasteiger partial charge on any atom is -0.451 e. The van der Waals surface area contributed by atoms with Crippen molar-refractivity contribution in [3.05, 3.63) is 64.5 Å². The zero-order valence-electron chi connectivity index (χ0n) is 13.6. The normalized spacial score (nSPS) is 12.8. The van der Waals surface area contributed by atoms with Crippen molar-refractivity contribution in [2.45, 2.75) is 19.3 Å². The number of carbonyl (C=O) groups is 2. The summed E-state index contributed by atoms with van der Waals surface area (Å²) in [6.45, 7) is -0.288. The summed E-state index contributed by atoms with van der Waals surface area (Å²) in [5, 5.41) is 3.79. The molecule has 0 radical (unpaired) electrons. The molecule has 4 nitrogen and oxygen atoms in total. The molecule has 0 fully saturated rings. The summed E-state index contributed by atoms with van der Waals surface area (Å²) >= 11 is 1.37.